The number of nitrogens with one attached hydrogen (secondary N) is 1. The summed E-state index contributed by atoms with van der Waals surface area (Å²) in [7, 11) is 0. The van der Waals surface area contributed by atoms with Crippen LogP contribution in [0.3, 0.4) is 0 Å². The summed E-state index contributed by atoms with van der Waals surface area (Å²) in [4.78, 5) is 4.52. The van der Waals surface area contributed by atoms with Crippen molar-refractivity contribution in [2.24, 2.45) is 16.6 Å². The van der Waals surface area contributed by atoms with Crippen LogP contribution in [0.15, 0.2) is 35.3 Å². The molecule has 1 aromatic heterocycles. The molecule has 6 heteroatoms. The lowest BCUT2D eigenvalue weighted by atomic mass is 9.85. The molecule has 2 aliphatic carbocycles. The molecular formula is C19H26IN5. The number of aliphatic imine (C=N–C) groups is 1. The number of fused-ring (bicyclic) bond motifs is 1. The van der Waals surface area contributed by atoms with Gasteiger partial charge >= 0.3 is 0 Å². The summed E-state index contributed by atoms with van der Waals surface area (Å²) in [6.07, 6.45) is 7.38. The standard InChI is InChI=1S/C19H25N5.HI/c20-19(21-12-14-6-4-7-14)22-13-17-16-10-5-11-18(16)24(23-17)15-8-2-1-3-9-15;/h1-3,8-9,14H,4-7,10-13H2,(H3,20,21,22);1H. The molecule has 1 heterocycles. The van der Waals surface area contributed by atoms with Crippen LogP contribution in [-0.2, 0) is 19.4 Å². The first-order chi connectivity index (χ1) is 11.8. The van der Waals surface area contributed by atoms with Crippen LogP contribution in [0.5, 0.6) is 0 Å². The summed E-state index contributed by atoms with van der Waals surface area (Å²) < 4.78 is 2.09. The number of nitrogens with two attached hydrogens (primary N) is 1. The maximum Gasteiger partial charge on any atom is 0.188 e. The van der Waals surface area contributed by atoms with Crippen LogP contribution in [0.4, 0.5) is 0 Å². The van der Waals surface area contributed by atoms with Gasteiger partial charge < -0.3 is 11.1 Å². The van der Waals surface area contributed by atoms with Gasteiger partial charge in [-0.15, -0.1) is 24.0 Å². The first-order valence-electron chi connectivity index (χ1n) is 9.00. The average molecular weight is 451 g/mol. The average Bonchev–Trinajstić information content (AvgIpc) is 3.15. The van der Waals surface area contributed by atoms with E-state index in [4.69, 9.17) is 10.8 Å². The number of para-hydroxylation sites is 1. The van der Waals surface area contributed by atoms with Crippen LogP contribution in [0, 0.1) is 5.92 Å². The molecule has 0 unspecified atom stereocenters. The maximum absolute atomic E-state index is 6.02. The molecule has 0 aliphatic heterocycles. The topological polar surface area (TPSA) is 68.2 Å². The molecule has 1 fully saturated rings. The Labute approximate surface area is 166 Å². The fourth-order valence-corrected chi connectivity index (χ4v) is 3.59. The second kappa shape index (κ2) is 8.21. The zero-order valence-electron chi connectivity index (χ0n) is 14.4. The van der Waals surface area contributed by atoms with E-state index in [0.29, 0.717) is 12.5 Å². The van der Waals surface area contributed by atoms with Gasteiger partial charge in [-0.1, -0.05) is 24.6 Å². The van der Waals surface area contributed by atoms with Gasteiger partial charge in [0, 0.05) is 12.2 Å². The fourth-order valence-electron chi connectivity index (χ4n) is 3.59. The Hall–Kier alpha value is -1.57. The molecule has 25 heavy (non-hydrogen) atoms. The highest BCUT2D eigenvalue weighted by Crippen LogP contribution is 2.28. The Kier molecular flexibility index (Phi) is 5.98. The Bertz CT molecular complexity index is 734. The van der Waals surface area contributed by atoms with Gasteiger partial charge in [0.1, 0.15) is 0 Å². The lowest BCUT2D eigenvalue weighted by molar-refractivity contribution is 0.315. The third-order valence-corrected chi connectivity index (χ3v) is 5.21. The van der Waals surface area contributed by atoms with Crippen LogP contribution < -0.4 is 11.1 Å². The number of nitrogens with zero attached hydrogens (tertiary/aromatic N) is 3. The molecule has 0 bridgehead atoms. The number of hydrogen-bond acceptors (Lipinski definition) is 2. The first-order valence-corrected chi connectivity index (χ1v) is 9.00. The Morgan fingerprint density at radius 2 is 2.00 bits per heavy atom. The molecule has 0 amide bonds. The molecule has 134 valence electrons. The largest absolute Gasteiger partial charge is 0.370 e. The highest BCUT2D eigenvalue weighted by atomic mass is 127. The first kappa shape index (κ1) is 18.2. The number of rotatable bonds is 5. The maximum atomic E-state index is 6.02. The number of hydrogen-bond donors (Lipinski definition) is 2. The Morgan fingerprint density at radius 3 is 2.72 bits per heavy atom. The molecule has 0 radical (unpaired) electrons. The van der Waals surface area contributed by atoms with Gasteiger partial charge in [0.15, 0.2) is 5.96 Å². The van der Waals surface area contributed by atoms with Gasteiger partial charge in [-0.3, -0.25) is 0 Å². The second-order valence-corrected chi connectivity index (χ2v) is 6.85. The highest BCUT2D eigenvalue weighted by molar-refractivity contribution is 14.0. The van der Waals surface area contributed by atoms with Crippen molar-refractivity contribution >= 4 is 29.9 Å². The van der Waals surface area contributed by atoms with Crippen molar-refractivity contribution in [2.75, 3.05) is 6.54 Å². The van der Waals surface area contributed by atoms with Gasteiger partial charge in [0.25, 0.3) is 0 Å². The van der Waals surface area contributed by atoms with Gasteiger partial charge in [-0.05, 0) is 55.7 Å². The Balaban J connectivity index is 0.00000182. The van der Waals surface area contributed by atoms with Crippen LogP contribution in [0.25, 0.3) is 5.69 Å². The quantitative estimate of drug-likeness (QED) is 0.417. The summed E-state index contributed by atoms with van der Waals surface area (Å²) in [6, 6.07) is 10.4. The monoisotopic (exact) mass is 451 g/mol. The number of aromatic nitrogens is 2. The van der Waals surface area contributed by atoms with E-state index in [1.807, 2.05) is 6.07 Å². The second-order valence-electron chi connectivity index (χ2n) is 6.85. The number of benzene rings is 1. The fraction of sp³-hybridized carbons (Fsp3) is 0.474. The summed E-state index contributed by atoms with van der Waals surface area (Å²) in [5.41, 5.74) is 10.9. The minimum atomic E-state index is 0. The van der Waals surface area contributed by atoms with E-state index in [1.54, 1.807) is 0 Å². The van der Waals surface area contributed by atoms with E-state index in [0.717, 1.165) is 36.7 Å². The number of guanidine groups is 1. The zero-order valence-corrected chi connectivity index (χ0v) is 16.8. The Morgan fingerprint density at radius 1 is 1.20 bits per heavy atom. The molecule has 0 saturated heterocycles. The molecular weight excluding hydrogens is 425 g/mol. The molecule has 1 saturated carbocycles. The predicted octanol–water partition coefficient (Wildman–Crippen LogP) is 3.18. The molecule has 1 aromatic carbocycles. The van der Waals surface area contributed by atoms with Crippen molar-refractivity contribution < 1.29 is 0 Å². The van der Waals surface area contributed by atoms with Crippen molar-refractivity contribution in [2.45, 2.75) is 45.1 Å². The third kappa shape index (κ3) is 3.99. The summed E-state index contributed by atoms with van der Waals surface area (Å²) >= 11 is 0. The van der Waals surface area contributed by atoms with Crippen LogP contribution in [0.1, 0.15) is 42.6 Å². The third-order valence-electron chi connectivity index (χ3n) is 5.21. The van der Waals surface area contributed by atoms with Crippen molar-refractivity contribution in [1.82, 2.24) is 15.1 Å². The van der Waals surface area contributed by atoms with Gasteiger partial charge in [0.05, 0.1) is 17.9 Å². The molecule has 2 aliphatic rings. The summed E-state index contributed by atoms with van der Waals surface area (Å²) in [5.74, 6) is 1.32. The van der Waals surface area contributed by atoms with E-state index in [9.17, 15) is 0 Å². The van der Waals surface area contributed by atoms with Crippen LogP contribution in [-0.4, -0.2) is 22.3 Å². The molecule has 5 nitrogen and oxygen atoms in total. The normalized spacial score (nSPS) is 16.9. The van der Waals surface area contributed by atoms with Crippen LogP contribution in [0.2, 0.25) is 0 Å². The van der Waals surface area contributed by atoms with E-state index in [1.165, 1.54) is 36.9 Å². The lowest BCUT2D eigenvalue weighted by Crippen LogP contribution is -2.37. The van der Waals surface area contributed by atoms with Crippen molar-refractivity contribution in [3.05, 3.63) is 47.3 Å². The van der Waals surface area contributed by atoms with Crippen LogP contribution >= 0.6 is 24.0 Å². The van der Waals surface area contributed by atoms with Crippen molar-refractivity contribution in [1.29, 1.82) is 0 Å². The van der Waals surface area contributed by atoms with Gasteiger partial charge in [-0.25, -0.2) is 9.67 Å². The van der Waals surface area contributed by atoms with E-state index in [2.05, 4.69) is 39.3 Å². The summed E-state index contributed by atoms with van der Waals surface area (Å²) in [5, 5.41) is 8.08. The smallest absolute Gasteiger partial charge is 0.188 e. The van der Waals surface area contributed by atoms with Crippen molar-refractivity contribution in [3.63, 3.8) is 0 Å². The number of halogens is 1. The minimum absolute atomic E-state index is 0. The van der Waals surface area contributed by atoms with Crippen molar-refractivity contribution in [3.8, 4) is 5.69 Å². The van der Waals surface area contributed by atoms with E-state index >= 15 is 0 Å². The highest BCUT2D eigenvalue weighted by Gasteiger charge is 2.23. The SMILES string of the molecule is I.NC(=NCc1nn(-c2ccccc2)c2c1CCC2)NCC1CCC1. The predicted molar refractivity (Wildman–Crippen MR) is 112 cm³/mol. The van der Waals surface area contributed by atoms with E-state index < -0.39 is 0 Å². The molecule has 3 N–H and O–H groups in total. The zero-order chi connectivity index (χ0) is 16.4. The van der Waals surface area contributed by atoms with Gasteiger partial charge in [0.2, 0.25) is 0 Å². The molecule has 4 rings (SSSR count). The molecule has 0 atom stereocenters. The minimum Gasteiger partial charge on any atom is -0.370 e. The van der Waals surface area contributed by atoms with Gasteiger partial charge in [-0.2, -0.15) is 5.10 Å². The lowest BCUT2D eigenvalue weighted by Gasteiger charge is -2.25. The molecule has 2 aromatic rings. The van der Waals surface area contributed by atoms with E-state index in [-0.39, 0.29) is 24.0 Å². The summed E-state index contributed by atoms with van der Waals surface area (Å²) in [6.45, 7) is 1.51. The molecule has 0 spiro atoms.